The Bertz CT molecular complexity index is 423. The number of carbonyl (C=O) groups excluding carboxylic acids is 2. The van der Waals surface area contributed by atoms with Gasteiger partial charge in [0.1, 0.15) is 13.2 Å². The van der Waals surface area contributed by atoms with Gasteiger partial charge in [0.25, 0.3) is 0 Å². The van der Waals surface area contributed by atoms with Crippen molar-refractivity contribution in [3.05, 3.63) is 11.1 Å². The lowest BCUT2D eigenvalue weighted by Gasteiger charge is -2.10. The Hall–Kier alpha value is -1.85. The Kier molecular flexibility index (Phi) is 6.21. The summed E-state index contributed by atoms with van der Waals surface area (Å²) < 4.78 is 9.87. The van der Waals surface area contributed by atoms with E-state index in [1.165, 1.54) is 0 Å². The fourth-order valence-corrected chi connectivity index (χ4v) is 1.88. The molecule has 0 radical (unpaired) electrons. The molecule has 0 aromatic rings. The maximum atomic E-state index is 11.7. The highest BCUT2D eigenvalue weighted by Crippen LogP contribution is 2.26. The lowest BCUT2D eigenvalue weighted by atomic mass is 10.1. The predicted octanol–water partition coefficient (Wildman–Crippen LogP) is 1.68. The van der Waals surface area contributed by atoms with Gasteiger partial charge in [0.15, 0.2) is 0 Å². The summed E-state index contributed by atoms with van der Waals surface area (Å²) >= 11 is 0. The van der Waals surface area contributed by atoms with Crippen molar-refractivity contribution in [3.63, 3.8) is 0 Å². The summed E-state index contributed by atoms with van der Waals surface area (Å²) in [6, 6.07) is 0. The molecule has 0 bridgehead atoms. The predicted molar refractivity (Wildman–Crippen MR) is 69.9 cm³/mol. The van der Waals surface area contributed by atoms with E-state index in [0.29, 0.717) is 25.7 Å². The molecule has 0 spiro atoms. The van der Waals surface area contributed by atoms with E-state index in [4.69, 9.17) is 14.6 Å². The van der Waals surface area contributed by atoms with E-state index in [1.807, 2.05) is 6.92 Å². The summed E-state index contributed by atoms with van der Waals surface area (Å²) in [4.78, 5) is 34.0. The minimum atomic E-state index is -1.07. The second kappa shape index (κ2) is 7.67. The molecule has 1 rings (SSSR count). The van der Waals surface area contributed by atoms with E-state index in [9.17, 15) is 14.4 Å². The number of ether oxygens (including phenoxy) is 2. The Morgan fingerprint density at radius 2 is 1.75 bits per heavy atom. The molecule has 6 nitrogen and oxygen atoms in total. The number of carboxylic acid groups (broad SMARTS) is 1. The first-order valence-corrected chi connectivity index (χ1v) is 6.76. The molecule has 1 N–H and O–H groups in total. The molecule has 0 fully saturated rings. The van der Waals surface area contributed by atoms with Gasteiger partial charge < -0.3 is 14.6 Å². The standard InChI is InChI=1S/C14H20O6/c1-3-9(2)13(17)19-7-8-20-14(18)11-6-4-5-10(11)12(15)16/h9H,3-8H2,1-2H3,(H,15,16). The SMILES string of the molecule is CCC(C)C(=O)OCCOC(=O)C1=C(C(=O)O)CCC1. The molecule has 0 heterocycles. The first kappa shape index (κ1) is 16.2. The minimum Gasteiger partial charge on any atom is -0.478 e. The Balaban J connectivity index is 2.36. The average Bonchev–Trinajstić information content (AvgIpc) is 2.91. The van der Waals surface area contributed by atoms with Crippen LogP contribution in [0, 0.1) is 5.92 Å². The van der Waals surface area contributed by atoms with Crippen molar-refractivity contribution in [3.8, 4) is 0 Å². The van der Waals surface area contributed by atoms with Crippen molar-refractivity contribution in [2.45, 2.75) is 39.5 Å². The van der Waals surface area contributed by atoms with Gasteiger partial charge in [0, 0.05) is 11.1 Å². The first-order valence-electron chi connectivity index (χ1n) is 6.76. The molecule has 0 saturated heterocycles. The van der Waals surface area contributed by atoms with Crippen LogP contribution in [0.4, 0.5) is 0 Å². The Labute approximate surface area is 117 Å². The number of hydrogen-bond donors (Lipinski definition) is 1. The van der Waals surface area contributed by atoms with Crippen molar-refractivity contribution in [1.82, 2.24) is 0 Å². The smallest absolute Gasteiger partial charge is 0.334 e. The molecule has 0 saturated carbocycles. The van der Waals surface area contributed by atoms with Crippen LogP contribution in [0.25, 0.3) is 0 Å². The summed E-state index contributed by atoms with van der Waals surface area (Å²) in [6.07, 6.45) is 2.15. The van der Waals surface area contributed by atoms with Crippen LogP contribution < -0.4 is 0 Å². The molecule has 0 amide bonds. The van der Waals surface area contributed by atoms with E-state index in [-0.39, 0.29) is 36.2 Å². The van der Waals surface area contributed by atoms with Gasteiger partial charge in [0.2, 0.25) is 0 Å². The third kappa shape index (κ3) is 4.36. The van der Waals surface area contributed by atoms with Crippen LogP contribution >= 0.6 is 0 Å². The number of carbonyl (C=O) groups is 3. The van der Waals surface area contributed by atoms with Crippen LogP contribution in [0.3, 0.4) is 0 Å². The van der Waals surface area contributed by atoms with Gasteiger partial charge in [-0.05, 0) is 25.7 Å². The third-order valence-corrected chi connectivity index (χ3v) is 3.30. The van der Waals surface area contributed by atoms with E-state index < -0.39 is 11.9 Å². The van der Waals surface area contributed by atoms with Gasteiger partial charge >= 0.3 is 17.9 Å². The zero-order valence-electron chi connectivity index (χ0n) is 11.8. The quantitative estimate of drug-likeness (QED) is 0.565. The topological polar surface area (TPSA) is 89.9 Å². The van der Waals surface area contributed by atoms with E-state index in [0.717, 1.165) is 0 Å². The van der Waals surface area contributed by atoms with Crippen molar-refractivity contribution in [2.24, 2.45) is 5.92 Å². The normalized spacial score (nSPS) is 15.9. The summed E-state index contributed by atoms with van der Waals surface area (Å²) in [5, 5.41) is 8.93. The molecular formula is C14H20O6. The molecule has 1 aliphatic rings. The van der Waals surface area contributed by atoms with Crippen molar-refractivity contribution >= 4 is 17.9 Å². The molecule has 1 unspecified atom stereocenters. The number of esters is 2. The zero-order chi connectivity index (χ0) is 15.1. The van der Waals surface area contributed by atoms with Crippen LogP contribution in [0.1, 0.15) is 39.5 Å². The highest BCUT2D eigenvalue weighted by Gasteiger charge is 2.26. The zero-order valence-corrected chi connectivity index (χ0v) is 11.8. The molecular weight excluding hydrogens is 264 g/mol. The fraction of sp³-hybridized carbons (Fsp3) is 0.643. The van der Waals surface area contributed by atoms with Gasteiger partial charge in [-0.3, -0.25) is 4.79 Å². The van der Waals surface area contributed by atoms with E-state index in [2.05, 4.69) is 0 Å². The second-order valence-corrected chi connectivity index (χ2v) is 4.73. The van der Waals surface area contributed by atoms with Gasteiger partial charge in [0.05, 0.1) is 5.92 Å². The largest absolute Gasteiger partial charge is 0.478 e. The Morgan fingerprint density at radius 3 is 2.35 bits per heavy atom. The van der Waals surface area contributed by atoms with Crippen molar-refractivity contribution in [1.29, 1.82) is 0 Å². The van der Waals surface area contributed by atoms with E-state index in [1.54, 1.807) is 6.92 Å². The van der Waals surface area contributed by atoms with Gasteiger partial charge in [-0.1, -0.05) is 13.8 Å². The van der Waals surface area contributed by atoms with Crippen molar-refractivity contribution in [2.75, 3.05) is 13.2 Å². The van der Waals surface area contributed by atoms with Crippen LogP contribution in [-0.4, -0.2) is 36.2 Å². The molecule has 0 aliphatic heterocycles. The van der Waals surface area contributed by atoms with Crippen LogP contribution in [0.2, 0.25) is 0 Å². The molecule has 1 atom stereocenters. The van der Waals surface area contributed by atoms with Gasteiger partial charge in [-0.15, -0.1) is 0 Å². The van der Waals surface area contributed by atoms with Crippen LogP contribution in [0.15, 0.2) is 11.1 Å². The summed E-state index contributed by atoms with van der Waals surface area (Å²) in [6.45, 7) is 3.57. The summed E-state index contributed by atoms with van der Waals surface area (Å²) in [5.74, 6) is -2.20. The number of rotatable bonds is 7. The third-order valence-electron chi connectivity index (χ3n) is 3.30. The Morgan fingerprint density at radius 1 is 1.15 bits per heavy atom. The monoisotopic (exact) mass is 284 g/mol. The minimum absolute atomic E-state index is 0.00933. The molecule has 0 aromatic carbocycles. The number of hydrogen-bond acceptors (Lipinski definition) is 5. The number of carboxylic acids is 1. The molecule has 112 valence electrons. The fourth-order valence-electron chi connectivity index (χ4n) is 1.88. The molecule has 20 heavy (non-hydrogen) atoms. The maximum Gasteiger partial charge on any atom is 0.334 e. The second-order valence-electron chi connectivity index (χ2n) is 4.73. The van der Waals surface area contributed by atoms with E-state index >= 15 is 0 Å². The number of aliphatic carboxylic acids is 1. The molecule has 0 aromatic heterocycles. The van der Waals surface area contributed by atoms with Crippen LogP contribution in [0.5, 0.6) is 0 Å². The average molecular weight is 284 g/mol. The lowest BCUT2D eigenvalue weighted by molar-refractivity contribution is -0.153. The first-order chi connectivity index (χ1) is 9.47. The lowest BCUT2D eigenvalue weighted by Crippen LogP contribution is -2.19. The summed E-state index contributed by atoms with van der Waals surface area (Å²) in [5.41, 5.74) is 0.359. The van der Waals surface area contributed by atoms with Gasteiger partial charge in [-0.25, -0.2) is 9.59 Å². The molecule has 6 heteroatoms. The molecule has 1 aliphatic carbocycles. The highest BCUT2D eigenvalue weighted by molar-refractivity contribution is 6.00. The summed E-state index contributed by atoms with van der Waals surface area (Å²) in [7, 11) is 0. The maximum absolute atomic E-state index is 11.7. The highest BCUT2D eigenvalue weighted by atomic mass is 16.6. The van der Waals surface area contributed by atoms with Crippen LogP contribution in [-0.2, 0) is 23.9 Å². The van der Waals surface area contributed by atoms with Crippen molar-refractivity contribution < 1.29 is 29.0 Å². The van der Waals surface area contributed by atoms with Gasteiger partial charge in [-0.2, -0.15) is 0 Å².